The number of carbonyl (C=O) groups excluding carboxylic acids is 1. The lowest BCUT2D eigenvalue weighted by Crippen LogP contribution is -2.25. The summed E-state index contributed by atoms with van der Waals surface area (Å²) < 4.78 is 0. The fraction of sp³-hybridized carbons (Fsp3) is 0.417. The second kappa shape index (κ2) is 4.94. The van der Waals surface area contributed by atoms with Crippen LogP contribution in [-0.2, 0) is 4.79 Å². The van der Waals surface area contributed by atoms with Crippen LogP contribution in [0.15, 0.2) is 18.2 Å². The Balaban J connectivity index is 2.29. The average Bonchev–Trinajstić information content (AvgIpc) is 2.70. The van der Waals surface area contributed by atoms with Gasteiger partial charge in [-0.3, -0.25) is 14.9 Å². The number of hydrogen-bond donors (Lipinski definition) is 0. The molecule has 0 N–H and O–H groups in total. The molecule has 1 fully saturated rings. The summed E-state index contributed by atoms with van der Waals surface area (Å²) in [5.74, 6) is 0.639. The van der Waals surface area contributed by atoms with Crippen molar-refractivity contribution in [2.75, 3.05) is 17.3 Å². The Labute approximate surface area is 109 Å². The maximum atomic E-state index is 11.8. The van der Waals surface area contributed by atoms with Crippen LogP contribution in [0.4, 0.5) is 11.4 Å². The molecular weight excluding hydrogens is 256 g/mol. The predicted molar refractivity (Wildman–Crippen MR) is 69.0 cm³/mol. The maximum Gasteiger partial charge on any atom is 0.269 e. The highest BCUT2D eigenvalue weighted by Gasteiger charge is 2.31. The molecule has 18 heavy (non-hydrogen) atoms. The second-order valence-corrected chi connectivity index (χ2v) is 4.77. The number of nitrogens with zero attached hydrogens (tertiary/aromatic N) is 2. The number of alkyl halides is 1. The van der Waals surface area contributed by atoms with Gasteiger partial charge in [-0.05, 0) is 24.5 Å². The van der Waals surface area contributed by atoms with Gasteiger partial charge in [0.15, 0.2) is 0 Å². The molecule has 5 nitrogen and oxygen atoms in total. The van der Waals surface area contributed by atoms with Crippen LogP contribution < -0.4 is 4.90 Å². The third kappa shape index (κ3) is 2.31. The van der Waals surface area contributed by atoms with E-state index in [-0.39, 0.29) is 17.5 Å². The first-order valence-corrected chi connectivity index (χ1v) is 6.17. The van der Waals surface area contributed by atoms with Crippen molar-refractivity contribution < 1.29 is 9.72 Å². The van der Waals surface area contributed by atoms with Gasteiger partial charge in [0.05, 0.1) is 4.92 Å². The van der Waals surface area contributed by atoms with Gasteiger partial charge < -0.3 is 4.90 Å². The second-order valence-electron chi connectivity index (χ2n) is 4.46. The van der Waals surface area contributed by atoms with Crippen molar-refractivity contribution in [1.29, 1.82) is 0 Å². The van der Waals surface area contributed by atoms with Gasteiger partial charge in [0.2, 0.25) is 5.91 Å². The Hall–Kier alpha value is -1.62. The molecular formula is C12H13ClN2O3. The summed E-state index contributed by atoms with van der Waals surface area (Å²) >= 11 is 5.76. The molecule has 1 aliphatic rings. The van der Waals surface area contributed by atoms with Crippen molar-refractivity contribution in [3.05, 3.63) is 33.9 Å². The van der Waals surface area contributed by atoms with E-state index in [1.54, 1.807) is 17.9 Å². The van der Waals surface area contributed by atoms with Crippen molar-refractivity contribution in [3.63, 3.8) is 0 Å². The van der Waals surface area contributed by atoms with Crippen molar-refractivity contribution in [2.24, 2.45) is 5.92 Å². The molecule has 0 radical (unpaired) electrons. The first kappa shape index (κ1) is 12.8. The molecule has 0 spiro atoms. The number of nitro groups is 1. The monoisotopic (exact) mass is 268 g/mol. The topological polar surface area (TPSA) is 63.5 Å². The van der Waals surface area contributed by atoms with Crippen LogP contribution >= 0.6 is 11.6 Å². The largest absolute Gasteiger partial charge is 0.312 e. The summed E-state index contributed by atoms with van der Waals surface area (Å²) in [6.45, 7) is 2.35. The number of hydrogen-bond acceptors (Lipinski definition) is 3. The zero-order chi connectivity index (χ0) is 13.3. The lowest BCUT2D eigenvalue weighted by atomic mass is 10.1. The minimum atomic E-state index is -0.440. The predicted octanol–water partition coefficient (Wildman–Crippen LogP) is 2.49. The Morgan fingerprint density at radius 2 is 2.28 bits per heavy atom. The maximum absolute atomic E-state index is 11.8. The summed E-state index contributed by atoms with van der Waals surface area (Å²) in [6, 6.07) is 4.53. The molecule has 1 saturated heterocycles. The molecule has 0 bridgehead atoms. The number of non-ortho nitro benzene ring substituents is 1. The van der Waals surface area contributed by atoms with Gasteiger partial charge in [-0.15, -0.1) is 11.6 Å². The van der Waals surface area contributed by atoms with Crippen LogP contribution in [0, 0.1) is 23.0 Å². The molecule has 1 amide bonds. The van der Waals surface area contributed by atoms with Gasteiger partial charge in [-0.25, -0.2) is 0 Å². The summed E-state index contributed by atoms with van der Waals surface area (Å²) in [5, 5.41) is 10.7. The molecule has 1 heterocycles. The van der Waals surface area contributed by atoms with E-state index in [2.05, 4.69) is 0 Å². The minimum absolute atomic E-state index is 0.0256. The van der Waals surface area contributed by atoms with Crippen molar-refractivity contribution >= 4 is 28.9 Å². The summed E-state index contributed by atoms with van der Waals surface area (Å²) in [6.07, 6.45) is 0.444. The van der Waals surface area contributed by atoms with Gasteiger partial charge in [-0.1, -0.05) is 0 Å². The lowest BCUT2D eigenvalue weighted by Gasteiger charge is -2.18. The fourth-order valence-electron chi connectivity index (χ4n) is 2.17. The van der Waals surface area contributed by atoms with Gasteiger partial charge in [0.25, 0.3) is 5.69 Å². The molecule has 2 rings (SSSR count). The summed E-state index contributed by atoms with van der Waals surface area (Å²) in [7, 11) is 0. The Morgan fingerprint density at radius 1 is 1.56 bits per heavy atom. The van der Waals surface area contributed by atoms with E-state index < -0.39 is 4.92 Å². The molecule has 1 aromatic carbocycles. The molecule has 1 aromatic rings. The van der Waals surface area contributed by atoms with Crippen LogP contribution in [0.1, 0.15) is 12.0 Å². The average molecular weight is 269 g/mol. The Morgan fingerprint density at radius 3 is 2.78 bits per heavy atom. The van der Waals surface area contributed by atoms with E-state index >= 15 is 0 Å². The number of aryl methyl sites for hydroxylation is 1. The van der Waals surface area contributed by atoms with Crippen LogP contribution in [0.2, 0.25) is 0 Å². The summed E-state index contributed by atoms with van der Waals surface area (Å²) in [4.78, 5) is 23.7. The highest BCUT2D eigenvalue weighted by Crippen LogP contribution is 2.30. The molecule has 96 valence electrons. The number of rotatable bonds is 3. The van der Waals surface area contributed by atoms with E-state index in [9.17, 15) is 14.9 Å². The number of halogens is 1. The Kier molecular flexibility index (Phi) is 3.52. The molecule has 0 aromatic heterocycles. The van der Waals surface area contributed by atoms with Gasteiger partial charge in [0.1, 0.15) is 0 Å². The van der Waals surface area contributed by atoms with Crippen molar-refractivity contribution in [2.45, 2.75) is 13.3 Å². The van der Waals surface area contributed by atoms with Crippen LogP contribution in [0.25, 0.3) is 0 Å². The standard InChI is InChI=1S/C12H13ClN2O3/c1-8-4-10(15(17)18)2-3-11(8)14-7-9(6-13)5-12(14)16/h2-4,9H,5-7H2,1H3. The van der Waals surface area contributed by atoms with Gasteiger partial charge >= 0.3 is 0 Å². The third-order valence-corrected chi connectivity index (χ3v) is 3.54. The van der Waals surface area contributed by atoms with E-state index in [1.165, 1.54) is 12.1 Å². The zero-order valence-electron chi connectivity index (χ0n) is 9.93. The van der Waals surface area contributed by atoms with Gasteiger partial charge in [0, 0.05) is 36.7 Å². The van der Waals surface area contributed by atoms with Crippen LogP contribution in [-0.4, -0.2) is 23.3 Å². The molecule has 0 saturated carbocycles. The van der Waals surface area contributed by atoms with Gasteiger partial charge in [-0.2, -0.15) is 0 Å². The van der Waals surface area contributed by atoms with E-state index in [0.29, 0.717) is 18.8 Å². The van der Waals surface area contributed by atoms with Crippen LogP contribution in [0.3, 0.4) is 0 Å². The SMILES string of the molecule is Cc1cc([N+](=O)[O-])ccc1N1CC(CCl)CC1=O. The smallest absolute Gasteiger partial charge is 0.269 e. The number of amides is 1. The number of anilines is 1. The van der Waals surface area contributed by atoms with E-state index in [4.69, 9.17) is 11.6 Å². The van der Waals surface area contributed by atoms with E-state index in [1.807, 2.05) is 0 Å². The fourth-order valence-corrected chi connectivity index (χ4v) is 2.38. The lowest BCUT2D eigenvalue weighted by molar-refractivity contribution is -0.384. The molecule has 1 unspecified atom stereocenters. The number of nitro benzene ring substituents is 1. The Bertz CT molecular complexity index is 504. The molecule has 0 aliphatic carbocycles. The highest BCUT2D eigenvalue weighted by atomic mass is 35.5. The van der Waals surface area contributed by atoms with Crippen molar-refractivity contribution in [3.8, 4) is 0 Å². The highest BCUT2D eigenvalue weighted by molar-refractivity contribution is 6.18. The number of benzene rings is 1. The summed E-state index contributed by atoms with van der Waals surface area (Å²) in [5.41, 5.74) is 1.50. The first-order chi connectivity index (χ1) is 8.52. The first-order valence-electron chi connectivity index (χ1n) is 5.64. The third-order valence-electron chi connectivity index (χ3n) is 3.11. The zero-order valence-corrected chi connectivity index (χ0v) is 10.7. The molecule has 6 heteroatoms. The van der Waals surface area contributed by atoms with Crippen LogP contribution in [0.5, 0.6) is 0 Å². The van der Waals surface area contributed by atoms with Crippen molar-refractivity contribution in [1.82, 2.24) is 0 Å². The molecule has 1 atom stereocenters. The molecule has 1 aliphatic heterocycles. The number of carbonyl (C=O) groups is 1. The van der Waals surface area contributed by atoms with E-state index in [0.717, 1.165) is 11.3 Å². The normalized spacial score (nSPS) is 19.3. The quantitative estimate of drug-likeness (QED) is 0.481. The minimum Gasteiger partial charge on any atom is -0.312 e.